The third-order valence-corrected chi connectivity index (χ3v) is 3.92. The van der Waals surface area contributed by atoms with E-state index in [1.54, 1.807) is 7.11 Å². The molecule has 0 amide bonds. The van der Waals surface area contributed by atoms with Gasteiger partial charge in [0.1, 0.15) is 0 Å². The van der Waals surface area contributed by atoms with E-state index < -0.39 is 0 Å². The summed E-state index contributed by atoms with van der Waals surface area (Å²) in [7, 11) is 3.59. The van der Waals surface area contributed by atoms with Crippen molar-refractivity contribution in [3.05, 3.63) is 35.4 Å². The Hall–Kier alpha value is -1.55. The van der Waals surface area contributed by atoms with E-state index >= 15 is 0 Å². The minimum absolute atomic E-state index is 0.659. The molecular weight excluding hydrogens is 262 g/mol. The summed E-state index contributed by atoms with van der Waals surface area (Å²) < 4.78 is 5.18. The van der Waals surface area contributed by atoms with Gasteiger partial charge >= 0.3 is 0 Å². The first kappa shape index (κ1) is 15.8. The van der Waals surface area contributed by atoms with Crippen LogP contribution in [0.3, 0.4) is 0 Å². The highest BCUT2D eigenvalue weighted by Gasteiger charge is 2.18. The van der Waals surface area contributed by atoms with E-state index in [1.165, 1.54) is 24.0 Å². The molecule has 1 aliphatic rings. The second-order valence-electron chi connectivity index (χ2n) is 5.85. The number of nitrogens with one attached hydrogen (secondary N) is 1. The standard InChI is InChI=1S/C17H27N3O/c1-14-6-5-9-20(12-14)17(18-2)19-11-15-7-4-8-16(10-15)13-21-3/h4,7-8,10,14H,5-6,9,11-13H2,1-3H3,(H,18,19). The smallest absolute Gasteiger partial charge is 0.193 e. The minimum Gasteiger partial charge on any atom is -0.380 e. The molecule has 0 saturated carbocycles. The first-order valence-corrected chi connectivity index (χ1v) is 7.75. The van der Waals surface area contributed by atoms with Gasteiger partial charge < -0.3 is 15.0 Å². The number of hydrogen-bond acceptors (Lipinski definition) is 2. The van der Waals surface area contributed by atoms with Crippen molar-refractivity contribution in [3.8, 4) is 0 Å². The Kier molecular flexibility index (Phi) is 6.05. The Balaban J connectivity index is 1.92. The highest BCUT2D eigenvalue weighted by atomic mass is 16.5. The molecule has 4 heteroatoms. The summed E-state index contributed by atoms with van der Waals surface area (Å²) in [4.78, 5) is 6.79. The van der Waals surface area contributed by atoms with Crippen LogP contribution in [0, 0.1) is 5.92 Å². The van der Waals surface area contributed by atoms with Crippen molar-refractivity contribution in [2.75, 3.05) is 27.2 Å². The van der Waals surface area contributed by atoms with Gasteiger partial charge in [0.25, 0.3) is 0 Å². The largest absolute Gasteiger partial charge is 0.380 e. The van der Waals surface area contributed by atoms with Gasteiger partial charge in [0, 0.05) is 33.8 Å². The second-order valence-corrected chi connectivity index (χ2v) is 5.85. The maximum absolute atomic E-state index is 5.18. The number of benzene rings is 1. The third-order valence-electron chi connectivity index (χ3n) is 3.92. The fourth-order valence-corrected chi connectivity index (χ4v) is 2.89. The van der Waals surface area contributed by atoms with Gasteiger partial charge in [0.2, 0.25) is 0 Å². The van der Waals surface area contributed by atoms with E-state index in [9.17, 15) is 0 Å². The van der Waals surface area contributed by atoms with Crippen LogP contribution in [0.5, 0.6) is 0 Å². The lowest BCUT2D eigenvalue weighted by atomic mass is 10.0. The zero-order valence-corrected chi connectivity index (χ0v) is 13.4. The Bertz CT molecular complexity index is 473. The number of likely N-dealkylation sites (tertiary alicyclic amines) is 1. The molecule has 0 aliphatic carbocycles. The Morgan fingerprint density at radius 2 is 2.24 bits per heavy atom. The number of ether oxygens (including phenoxy) is 1. The average molecular weight is 289 g/mol. The SMILES string of the molecule is CN=C(NCc1cccc(COC)c1)N1CCCC(C)C1. The average Bonchev–Trinajstić information content (AvgIpc) is 2.49. The van der Waals surface area contributed by atoms with Gasteiger partial charge in [0.05, 0.1) is 6.61 Å². The maximum Gasteiger partial charge on any atom is 0.193 e. The van der Waals surface area contributed by atoms with Gasteiger partial charge in [-0.2, -0.15) is 0 Å². The van der Waals surface area contributed by atoms with Crippen molar-refractivity contribution in [2.45, 2.75) is 32.9 Å². The molecule has 1 unspecified atom stereocenters. The normalized spacial score (nSPS) is 19.7. The van der Waals surface area contributed by atoms with Gasteiger partial charge in [-0.3, -0.25) is 4.99 Å². The monoisotopic (exact) mass is 289 g/mol. The first-order valence-electron chi connectivity index (χ1n) is 7.75. The van der Waals surface area contributed by atoms with Gasteiger partial charge in [-0.25, -0.2) is 0 Å². The van der Waals surface area contributed by atoms with Crippen molar-refractivity contribution in [2.24, 2.45) is 10.9 Å². The number of guanidine groups is 1. The van der Waals surface area contributed by atoms with E-state index in [0.717, 1.165) is 31.5 Å². The van der Waals surface area contributed by atoms with E-state index in [2.05, 4.69) is 46.4 Å². The van der Waals surface area contributed by atoms with Gasteiger partial charge in [-0.15, -0.1) is 0 Å². The molecule has 1 aliphatic heterocycles. The van der Waals surface area contributed by atoms with Gasteiger partial charge in [0.15, 0.2) is 5.96 Å². The third kappa shape index (κ3) is 4.74. The van der Waals surface area contributed by atoms with Crippen LogP contribution in [0.25, 0.3) is 0 Å². The molecule has 0 radical (unpaired) electrons. The number of hydrogen-bond donors (Lipinski definition) is 1. The molecule has 0 spiro atoms. The molecule has 1 aromatic carbocycles. The molecule has 1 saturated heterocycles. The molecule has 1 atom stereocenters. The van der Waals surface area contributed by atoms with Crippen LogP contribution in [0.1, 0.15) is 30.9 Å². The van der Waals surface area contributed by atoms with Gasteiger partial charge in [-0.05, 0) is 29.9 Å². The fourth-order valence-electron chi connectivity index (χ4n) is 2.89. The summed E-state index contributed by atoms with van der Waals surface area (Å²) in [5.74, 6) is 1.76. The van der Waals surface area contributed by atoms with E-state index in [1.807, 2.05) is 7.05 Å². The lowest BCUT2D eigenvalue weighted by Crippen LogP contribution is -2.45. The topological polar surface area (TPSA) is 36.9 Å². The molecule has 1 aromatic rings. The van der Waals surface area contributed by atoms with E-state index in [-0.39, 0.29) is 0 Å². The minimum atomic E-state index is 0.659. The first-order chi connectivity index (χ1) is 10.2. The highest BCUT2D eigenvalue weighted by molar-refractivity contribution is 5.79. The van der Waals surface area contributed by atoms with Crippen molar-refractivity contribution >= 4 is 5.96 Å². The van der Waals surface area contributed by atoms with Crippen molar-refractivity contribution in [1.82, 2.24) is 10.2 Å². The molecule has 116 valence electrons. The summed E-state index contributed by atoms with van der Waals surface area (Å²) in [6.07, 6.45) is 2.58. The van der Waals surface area contributed by atoms with Crippen LogP contribution in [0.15, 0.2) is 29.3 Å². The summed E-state index contributed by atoms with van der Waals surface area (Å²) in [6.45, 7) is 5.98. The quantitative estimate of drug-likeness (QED) is 0.684. The number of nitrogens with zero attached hydrogens (tertiary/aromatic N) is 2. The highest BCUT2D eigenvalue weighted by Crippen LogP contribution is 2.15. The molecule has 0 aromatic heterocycles. The Morgan fingerprint density at radius 3 is 2.95 bits per heavy atom. The maximum atomic E-state index is 5.18. The summed E-state index contributed by atoms with van der Waals surface area (Å²) in [5.41, 5.74) is 2.47. The van der Waals surface area contributed by atoms with Crippen molar-refractivity contribution in [1.29, 1.82) is 0 Å². The molecule has 1 N–H and O–H groups in total. The van der Waals surface area contributed by atoms with Crippen LogP contribution in [0.4, 0.5) is 0 Å². The van der Waals surface area contributed by atoms with Crippen LogP contribution in [-0.2, 0) is 17.9 Å². The molecule has 2 rings (SSSR count). The Morgan fingerprint density at radius 1 is 1.43 bits per heavy atom. The molecule has 21 heavy (non-hydrogen) atoms. The molecule has 0 bridgehead atoms. The molecule has 1 fully saturated rings. The molecule has 4 nitrogen and oxygen atoms in total. The zero-order chi connectivity index (χ0) is 15.1. The second kappa shape index (κ2) is 8.03. The van der Waals surface area contributed by atoms with E-state index in [4.69, 9.17) is 4.74 Å². The fraction of sp³-hybridized carbons (Fsp3) is 0.588. The zero-order valence-electron chi connectivity index (χ0n) is 13.4. The number of aliphatic imine (C=N–C) groups is 1. The Labute approximate surface area is 128 Å². The van der Waals surface area contributed by atoms with Crippen LogP contribution in [0.2, 0.25) is 0 Å². The summed E-state index contributed by atoms with van der Waals surface area (Å²) >= 11 is 0. The number of piperidine rings is 1. The predicted molar refractivity (Wildman–Crippen MR) is 87.3 cm³/mol. The van der Waals surface area contributed by atoms with E-state index in [0.29, 0.717) is 6.61 Å². The molecular formula is C17H27N3O. The van der Waals surface area contributed by atoms with Crippen LogP contribution < -0.4 is 5.32 Å². The number of methoxy groups -OCH3 is 1. The van der Waals surface area contributed by atoms with Crippen molar-refractivity contribution in [3.63, 3.8) is 0 Å². The van der Waals surface area contributed by atoms with Gasteiger partial charge in [-0.1, -0.05) is 31.2 Å². The lowest BCUT2D eigenvalue weighted by molar-refractivity contribution is 0.185. The van der Waals surface area contributed by atoms with Crippen LogP contribution in [-0.4, -0.2) is 38.1 Å². The van der Waals surface area contributed by atoms with Crippen LogP contribution >= 0.6 is 0 Å². The molecule has 1 heterocycles. The lowest BCUT2D eigenvalue weighted by Gasteiger charge is -2.33. The number of rotatable bonds is 4. The summed E-state index contributed by atoms with van der Waals surface area (Å²) in [5, 5.41) is 3.48. The predicted octanol–water partition coefficient (Wildman–Crippen LogP) is 2.64. The summed E-state index contributed by atoms with van der Waals surface area (Å²) in [6, 6.07) is 8.49. The van der Waals surface area contributed by atoms with Crippen molar-refractivity contribution < 1.29 is 4.74 Å².